The minimum atomic E-state index is -3.46. The Hall–Kier alpha value is -0.980. The van der Waals surface area contributed by atoms with Crippen molar-refractivity contribution < 1.29 is 8.42 Å². The van der Waals surface area contributed by atoms with E-state index in [2.05, 4.69) is 9.71 Å². The molecule has 0 aliphatic rings. The molecule has 0 amide bonds. The number of pyridine rings is 1. The van der Waals surface area contributed by atoms with Crippen molar-refractivity contribution >= 4 is 31.4 Å². The maximum atomic E-state index is 12.0. The van der Waals surface area contributed by atoms with Gasteiger partial charge in [0.05, 0.1) is 4.70 Å². The first kappa shape index (κ1) is 11.5. The van der Waals surface area contributed by atoms with Crippen LogP contribution < -0.4 is 4.72 Å². The summed E-state index contributed by atoms with van der Waals surface area (Å²) in [6.07, 6.45) is 3.06. The van der Waals surface area contributed by atoms with E-state index in [0.29, 0.717) is 0 Å². The van der Waals surface area contributed by atoms with E-state index in [0.717, 1.165) is 10.1 Å². The molecule has 0 aromatic carbocycles. The summed E-state index contributed by atoms with van der Waals surface area (Å²) in [5, 5.41) is 2.59. The topological polar surface area (TPSA) is 59.1 Å². The van der Waals surface area contributed by atoms with Crippen LogP contribution in [0.1, 0.15) is 13.8 Å². The molecule has 0 saturated heterocycles. The van der Waals surface area contributed by atoms with Crippen molar-refractivity contribution in [2.24, 2.45) is 0 Å². The summed E-state index contributed by atoms with van der Waals surface area (Å²) in [5.74, 6) is 0. The second-order valence-corrected chi connectivity index (χ2v) is 6.38. The van der Waals surface area contributed by atoms with Crippen LogP contribution in [0.25, 0.3) is 10.1 Å². The van der Waals surface area contributed by atoms with Crippen LogP contribution in [0.15, 0.2) is 28.7 Å². The molecule has 86 valence electrons. The monoisotopic (exact) mass is 256 g/mol. The first-order valence-electron chi connectivity index (χ1n) is 4.84. The largest absolute Gasteiger partial charge is 0.262 e. The zero-order valence-electron chi connectivity index (χ0n) is 8.97. The van der Waals surface area contributed by atoms with Gasteiger partial charge in [0.2, 0.25) is 10.0 Å². The van der Waals surface area contributed by atoms with Crippen molar-refractivity contribution in [2.45, 2.75) is 24.8 Å². The van der Waals surface area contributed by atoms with E-state index in [1.807, 2.05) is 5.38 Å². The average Bonchev–Trinajstić information content (AvgIpc) is 2.62. The van der Waals surface area contributed by atoms with Gasteiger partial charge in [-0.1, -0.05) is 0 Å². The Balaban J connectivity index is 2.59. The van der Waals surface area contributed by atoms with Crippen LogP contribution in [0, 0.1) is 0 Å². The van der Waals surface area contributed by atoms with Gasteiger partial charge < -0.3 is 0 Å². The molecule has 0 radical (unpaired) electrons. The SMILES string of the molecule is CC(C)NS(=O)(=O)c1cncc2sccc12. The number of nitrogens with one attached hydrogen (secondary N) is 1. The van der Waals surface area contributed by atoms with Crippen molar-refractivity contribution in [3.8, 4) is 0 Å². The Labute approximate surface area is 98.4 Å². The quantitative estimate of drug-likeness (QED) is 0.913. The number of fused-ring (bicyclic) bond motifs is 1. The summed E-state index contributed by atoms with van der Waals surface area (Å²) >= 11 is 1.48. The molecule has 2 rings (SSSR count). The lowest BCUT2D eigenvalue weighted by atomic mass is 10.3. The highest BCUT2D eigenvalue weighted by atomic mass is 32.2. The van der Waals surface area contributed by atoms with E-state index in [4.69, 9.17) is 0 Å². The molecule has 0 spiro atoms. The predicted octanol–water partition coefficient (Wildman–Crippen LogP) is 1.98. The van der Waals surface area contributed by atoms with Gasteiger partial charge in [0, 0.05) is 23.8 Å². The van der Waals surface area contributed by atoms with Crippen molar-refractivity contribution in [1.29, 1.82) is 0 Å². The molecule has 16 heavy (non-hydrogen) atoms. The first-order valence-corrected chi connectivity index (χ1v) is 7.20. The summed E-state index contributed by atoms with van der Waals surface area (Å²) in [4.78, 5) is 4.20. The van der Waals surface area contributed by atoms with Gasteiger partial charge in [-0.25, -0.2) is 13.1 Å². The Kier molecular flexibility index (Phi) is 2.96. The lowest BCUT2D eigenvalue weighted by molar-refractivity contribution is 0.570. The van der Waals surface area contributed by atoms with Crippen LogP contribution in [-0.2, 0) is 10.0 Å². The number of hydrogen-bond donors (Lipinski definition) is 1. The normalized spacial score (nSPS) is 12.4. The molecule has 4 nitrogen and oxygen atoms in total. The van der Waals surface area contributed by atoms with Gasteiger partial charge in [-0.3, -0.25) is 4.98 Å². The minimum absolute atomic E-state index is 0.126. The van der Waals surface area contributed by atoms with E-state index < -0.39 is 10.0 Å². The maximum Gasteiger partial charge on any atom is 0.242 e. The Morgan fingerprint density at radius 1 is 1.38 bits per heavy atom. The Morgan fingerprint density at radius 2 is 2.12 bits per heavy atom. The van der Waals surface area contributed by atoms with Crippen molar-refractivity contribution in [1.82, 2.24) is 9.71 Å². The number of thiophene rings is 1. The molecular formula is C10H12N2O2S2. The van der Waals surface area contributed by atoms with Crippen LogP contribution in [0.4, 0.5) is 0 Å². The molecule has 2 aromatic heterocycles. The number of rotatable bonds is 3. The number of sulfonamides is 1. The number of aromatic nitrogens is 1. The highest BCUT2D eigenvalue weighted by Crippen LogP contribution is 2.25. The molecular weight excluding hydrogens is 244 g/mol. The molecule has 0 aliphatic heterocycles. The maximum absolute atomic E-state index is 12.0. The Bertz CT molecular complexity index is 602. The standard InChI is InChI=1S/C10H12N2O2S2/c1-7(2)12-16(13,14)10-6-11-5-9-8(10)3-4-15-9/h3-7,12H,1-2H3. The van der Waals surface area contributed by atoms with E-state index in [9.17, 15) is 8.42 Å². The fourth-order valence-corrected chi connectivity index (χ4v) is 3.71. The second-order valence-electron chi connectivity index (χ2n) is 3.75. The van der Waals surface area contributed by atoms with E-state index in [1.54, 1.807) is 26.1 Å². The molecule has 0 atom stereocenters. The highest BCUT2D eigenvalue weighted by molar-refractivity contribution is 7.89. The van der Waals surface area contributed by atoms with Crippen LogP contribution >= 0.6 is 11.3 Å². The van der Waals surface area contributed by atoms with Gasteiger partial charge in [0.15, 0.2) is 0 Å². The number of nitrogens with zero attached hydrogens (tertiary/aromatic N) is 1. The molecule has 2 heterocycles. The molecule has 1 N–H and O–H groups in total. The van der Waals surface area contributed by atoms with E-state index in [-0.39, 0.29) is 10.9 Å². The third-order valence-corrected chi connectivity index (χ3v) is 4.56. The van der Waals surface area contributed by atoms with Gasteiger partial charge in [-0.2, -0.15) is 0 Å². The van der Waals surface area contributed by atoms with E-state index >= 15 is 0 Å². The van der Waals surface area contributed by atoms with Crippen molar-refractivity contribution in [3.63, 3.8) is 0 Å². The van der Waals surface area contributed by atoms with Gasteiger partial charge in [-0.05, 0) is 25.3 Å². The predicted molar refractivity (Wildman–Crippen MR) is 65.1 cm³/mol. The van der Waals surface area contributed by atoms with Crippen LogP contribution in [0.3, 0.4) is 0 Å². The molecule has 0 unspecified atom stereocenters. The average molecular weight is 256 g/mol. The number of hydrogen-bond acceptors (Lipinski definition) is 4. The molecule has 6 heteroatoms. The van der Waals surface area contributed by atoms with Crippen molar-refractivity contribution in [2.75, 3.05) is 0 Å². The fraction of sp³-hybridized carbons (Fsp3) is 0.300. The third-order valence-electron chi connectivity index (χ3n) is 2.02. The Morgan fingerprint density at radius 3 is 2.81 bits per heavy atom. The first-order chi connectivity index (χ1) is 7.50. The lowest BCUT2D eigenvalue weighted by Crippen LogP contribution is -2.30. The summed E-state index contributed by atoms with van der Waals surface area (Å²) < 4.78 is 27.5. The minimum Gasteiger partial charge on any atom is -0.262 e. The fourth-order valence-electron chi connectivity index (χ4n) is 1.45. The summed E-state index contributed by atoms with van der Waals surface area (Å²) in [6, 6.07) is 1.68. The lowest BCUT2D eigenvalue weighted by Gasteiger charge is -2.09. The third kappa shape index (κ3) is 2.09. The summed E-state index contributed by atoms with van der Waals surface area (Å²) in [6.45, 7) is 3.58. The smallest absolute Gasteiger partial charge is 0.242 e. The summed E-state index contributed by atoms with van der Waals surface area (Å²) in [7, 11) is -3.46. The van der Waals surface area contributed by atoms with E-state index in [1.165, 1.54) is 17.5 Å². The van der Waals surface area contributed by atoms with Gasteiger partial charge in [-0.15, -0.1) is 11.3 Å². The molecule has 2 aromatic rings. The van der Waals surface area contributed by atoms with Crippen LogP contribution in [0.2, 0.25) is 0 Å². The van der Waals surface area contributed by atoms with Gasteiger partial charge in [0.25, 0.3) is 0 Å². The molecule has 0 fully saturated rings. The van der Waals surface area contributed by atoms with Crippen LogP contribution in [-0.4, -0.2) is 19.4 Å². The van der Waals surface area contributed by atoms with Gasteiger partial charge in [0.1, 0.15) is 4.90 Å². The second kappa shape index (κ2) is 4.12. The van der Waals surface area contributed by atoms with Crippen LogP contribution in [0.5, 0.6) is 0 Å². The molecule has 0 saturated carbocycles. The van der Waals surface area contributed by atoms with Crippen molar-refractivity contribution in [3.05, 3.63) is 23.8 Å². The zero-order valence-corrected chi connectivity index (χ0v) is 10.6. The molecule has 0 aliphatic carbocycles. The summed E-state index contributed by atoms with van der Waals surface area (Å²) in [5.41, 5.74) is 0. The zero-order chi connectivity index (χ0) is 11.8. The van der Waals surface area contributed by atoms with Gasteiger partial charge >= 0.3 is 0 Å². The molecule has 0 bridgehead atoms. The highest BCUT2D eigenvalue weighted by Gasteiger charge is 2.18.